The lowest BCUT2D eigenvalue weighted by Gasteiger charge is -2.40. The van der Waals surface area contributed by atoms with Gasteiger partial charge in [-0.05, 0) is 50.4 Å². The van der Waals surface area contributed by atoms with Crippen molar-refractivity contribution in [3.05, 3.63) is 12.2 Å². The van der Waals surface area contributed by atoms with Gasteiger partial charge in [0.25, 0.3) is 0 Å². The Hall–Kier alpha value is -0.830. The zero-order chi connectivity index (χ0) is 16.2. The first-order valence-electron chi connectivity index (χ1n) is 9.04. The van der Waals surface area contributed by atoms with Crippen molar-refractivity contribution in [2.75, 3.05) is 0 Å². The van der Waals surface area contributed by atoms with Crippen LogP contribution in [0.2, 0.25) is 0 Å². The molecule has 0 spiro atoms. The van der Waals surface area contributed by atoms with E-state index in [4.69, 9.17) is 4.74 Å². The summed E-state index contributed by atoms with van der Waals surface area (Å²) in [6.45, 7) is 7.47. The van der Waals surface area contributed by atoms with Crippen LogP contribution in [-0.2, 0) is 9.53 Å². The molecule has 0 unspecified atom stereocenters. The van der Waals surface area contributed by atoms with Crippen molar-refractivity contribution >= 4 is 5.97 Å². The Morgan fingerprint density at radius 1 is 1.14 bits per heavy atom. The fourth-order valence-electron chi connectivity index (χ4n) is 4.28. The van der Waals surface area contributed by atoms with E-state index in [0.29, 0.717) is 24.3 Å². The molecule has 0 aliphatic heterocycles. The first-order chi connectivity index (χ1) is 10.4. The predicted octanol–water partition coefficient (Wildman–Crippen LogP) is 4.59. The van der Waals surface area contributed by atoms with Crippen LogP contribution < -0.4 is 0 Å². The van der Waals surface area contributed by atoms with Gasteiger partial charge in [-0.25, -0.2) is 4.79 Å². The molecule has 0 saturated heterocycles. The van der Waals surface area contributed by atoms with Crippen molar-refractivity contribution in [2.45, 2.75) is 83.8 Å². The summed E-state index contributed by atoms with van der Waals surface area (Å²) in [6, 6.07) is 0. The molecule has 0 aromatic heterocycles. The monoisotopic (exact) mass is 308 g/mol. The Morgan fingerprint density at radius 3 is 2.18 bits per heavy atom. The van der Waals surface area contributed by atoms with E-state index < -0.39 is 11.8 Å². The highest BCUT2D eigenvalue weighted by Crippen LogP contribution is 2.43. The van der Waals surface area contributed by atoms with Gasteiger partial charge in [0.2, 0.25) is 5.79 Å². The van der Waals surface area contributed by atoms with Crippen LogP contribution in [0, 0.1) is 17.8 Å². The van der Waals surface area contributed by atoms with Gasteiger partial charge in [-0.3, -0.25) is 0 Å². The highest BCUT2D eigenvalue weighted by Gasteiger charge is 2.39. The topological polar surface area (TPSA) is 46.5 Å². The number of rotatable bonds is 5. The lowest BCUT2D eigenvalue weighted by atomic mass is 9.69. The Morgan fingerprint density at radius 2 is 1.68 bits per heavy atom. The molecule has 2 fully saturated rings. The molecule has 2 aliphatic carbocycles. The minimum atomic E-state index is -1.26. The third-order valence-electron chi connectivity index (χ3n) is 5.70. The van der Waals surface area contributed by atoms with Crippen LogP contribution in [0.1, 0.15) is 78.1 Å². The largest absolute Gasteiger partial charge is 0.430 e. The van der Waals surface area contributed by atoms with Gasteiger partial charge in [-0.2, -0.15) is 0 Å². The fourth-order valence-corrected chi connectivity index (χ4v) is 4.28. The Bertz CT molecular complexity index is 385. The third kappa shape index (κ3) is 4.58. The molecular formula is C19H32O3. The smallest absolute Gasteiger partial charge is 0.335 e. The summed E-state index contributed by atoms with van der Waals surface area (Å²) in [6.07, 6.45) is 11.2. The summed E-state index contributed by atoms with van der Waals surface area (Å²) >= 11 is 0. The van der Waals surface area contributed by atoms with E-state index in [9.17, 15) is 9.90 Å². The van der Waals surface area contributed by atoms with Crippen molar-refractivity contribution in [1.29, 1.82) is 0 Å². The third-order valence-corrected chi connectivity index (χ3v) is 5.70. The highest BCUT2D eigenvalue weighted by atomic mass is 16.7. The predicted molar refractivity (Wildman–Crippen MR) is 88.2 cm³/mol. The molecule has 1 N–H and O–H groups in total. The molecule has 22 heavy (non-hydrogen) atoms. The summed E-state index contributed by atoms with van der Waals surface area (Å²) in [5, 5.41) is 10.4. The van der Waals surface area contributed by atoms with Crippen LogP contribution in [-0.4, -0.2) is 16.9 Å². The van der Waals surface area contributed by atoms with E-state index >= 15 is 0 Å². The minimum absolute atomic E-state index is 0.352. The summed E-state index contributed by atoms with van der Waals surface area (Å²) in [5.41, 5.74) is 0.352. The zero-order valence-electron chi connectivity index (χ0n) is 14.3. The molecule has 0 amide bonds. The molecule has 0 radical (unpaired) electrons. The molecule has 2 saturated carbocycles. The number of ether oxygens (including phenoxy) is 1. The Labute approximate surface area is 135 Å². The lowest BCUT2D eigenvalue weighted by molar-refractivity contribution is -0.221. The number of esters is 1. The van der Waals surface area contributed by atoms with Gasteiger partial charge in [-0.15, -0.1) is 0 Å². The second-order valence-corrected chi connectivity index (χ2v) is 7.52. The molecule has 0 heterocycles. The molecular weight excluding hydrogens is 276 g/mol. The maximum absolute atomic E-state index is 11.6. The van der Waals surface area contributed by atoms with Gasteiger partial charge in [0.1, 0.15) is 0 Å². The van der Waals surface area contributed by atoms with E-state index in [-0.39, 0.29) is 0 Å². The molecule has 3 nitrogen and oxygen atoms in total. The van der Waals surface area contributed by atoms with Crippen molar-refractivity contribution in [3.8, 4) is 0 Å². The maximum Gasteiger partial charge on any atom is 0.335 e. The van der Waals surface area contributed by atoms with Crippen molar-refractivity contribution < 1.29 is 14.6 Å². The normalized spacial score (nSPS) is 35.9. The standard InChI is InChI=1S/C19H32O3/c1-4-5-15-6-8-16(9-7-15)17-10-12-19(21,13-11-17)22-18(20)14(2)3/h15-17,21H,2,4-13H2,1,3H3. The van der Waals surface area contributed by atoms with E-state index in [1.165, 1.54) is 38.5 Å². The van der Waals surface area contributed by atoms with E-state index in [2.05, 4.69) is 13.5 Å². The Balaban J connectivity index is 1.77. The van der Waals surface area contributed by atoms with Crippen LogP contribution in [0.3, 0.4) is 0 Å². The van der Waals surface area contributed by atoms with Gasteiger partial charge in [0, 0.05) is 18.4 Å². The maximum atomic E-state index is 11.6. The van der Waals surface area contributed by atoms with Crippen LogP contribution in [0.25, 0.3) is 0 Å². The molecule has 0 aromatic carbocycles. The quantitative estimate of drug-likeness (QED) is 0.459. The first-order valence-corrected chi connectivity index (χ1v) is 9.04. The molecule has 3 heteroatoms. The summed E-state index contributed by atoms with van der Waals surface area (Å²) in [4.78, 5) is 11.6. The molecule has 2 aliphatic rings. The number of carbonyl (C=O) groups is 1. The zero-order valence-corrected chi connectivity index (χ0v) is 14.3. The van der Waals surface area contributed by atoms with Crippen LogP contribution in [0.15, 0.2) is 12.2 Å². The number of carbonyl (C=O) groups excluding carboxylic acids is 1. The van der Waals surface area contributed by atoms with Gasteiger partial charge < -0.3 is 9.84 Å². The SMILES string of the molecule is C=C(C)C(=O)OC1(O)CCC(C2CCC(CCC)CC2)CC1. The average Bonchev–Trinajstić information content (AvgIpc) is 2.49. The second kappa shape index (κ2) is 7.63. The van der Waals surface area contributed by atoms with Crippen LogP contribution in [0.4, 0.5) is 0 Å². The molecule has 2 rings (SSSR count). The Kier molecular flexibility index (Phi) is 6.08. The number of aliphatic hydroxyl groups is 1. The van der Waals surface area contributed by atoms with E-state index in [0.717, 1.165) is 24.7 Å². The van der Waals surface area contributed by atoms with Crippen molar-refractivity contribution in [3.63, 3.8) is 0 Å². The summed E-state index contributed by atoms with van der Waals surface area (Å²) in [5.74, 6) is 0.728. The van der Waals surface area contributed by atoms with Crippen LogP contribution >= 0.6 is 0 Å². The lowest BCUT2D eigenvalue weighted by Crippen LogP contribution is -2.40. The first kappa shape index (κ1) is 17.5. The van der Waals surface area contributed by atoms with Gasteiger partial charge >= 0.3 is 5.97 Å². The van der Waals surface area contributed by atoms with E-state index in [1.807, 2.05) is 0 Å². The number of hydrogen-bond acceptors (Lipinski definition) is 3. The highest BCUT2D eigenvalue weighted by molar-refractivity contribution is 5.87. The molecule has 0 aromatic rings. The molecule has 0 atom stereocenters. The summed E-state index contributed by atoms with van der Waals surface area (Å²) < 4.78 is 5.24. The van der Waals surface area contributed by atoms with Gasteiger partial charge in [0.15, 0.2) is 0 Å². The van der Waals surface area contributed by atoms with Gasteiger partial charge in [0.05, 0.1) is 0 Å². The van der Waals surface area contributed by atoms with Gasteiger partial charge in [-0.1, -0.05) is 39.2 Å². The van der Waals surface area contributed by atoms with E-state index in [1.54, 1.807) is 6.92 Å². The molecule has 126 valence electrons. The average molecular weight is 308 g/mol. The minimum Gasteiger partial charge on any atom is -0.430 e. The molecule has 0 bridgehead atoms. The summed E-state index contributed by atoms with van der Waals surface area (Å²) in [7, 11) is 0. The van der Waals surface area contributed by atoms with Crippen molar-refractivity contribution in [2.24, 2.45) is 17.8 Å². The van der Waals surface area contributed by atoms with Crippen molar-refractivity contribution in [1.82, 2.24) is 0 Å². The number of hydrogen-bond donors (Lipinski definition) is 1. The van der Waals surface area contributed by atoms with Crippen LogP contribution in [0.5, 0.6) is 0 Å². The fraction of sp³-hybridized carbons (Fsp3) is 0.842. The second-order valence-electron chi connectivity index (χ2n) is 7.52.